The van der Waals surface area contributed by atoms with E-state index < -0.39 is 23.5 Å². The second kappa shape index (κ2) is 9.51. The second-order valence-electron chi connectivity index (χ2n) is 8.51. The van der Waals surface area contributed by atoms with Crippen LogP contribution in [0.5, 0.6) is 0 Å². The predicted molar refractivity (Wildman–Crippen MR) is 134 cm³/mol. The van der Waals surface area contributed by atoms with E-state index in [2.05, 4.69) is 10.3 Å². The SMILES string of the molecule is CC/N=c1\cc2n(-c3ccc(C(F)(F)F)cc3)c3ccccc3nc-2cc1Nc1ccc(C(F)(F)F)cc1. The van der Waals surface area contributed by atoms with Crippen molar-refractivity contribution in [2.75, 3.05) is 11.9 Å². The molecule has 3 aromatic carbocycles. The lowest BCUT2D eigenvalue weighted by Gasteiger charge is -2.20. The third-order valence-corrected chi connectivity index (χ3v) is 5.97. The third kappa shape index (κ3) is 4.93. The van der Waals surface area contributed by atoms with E-state index in [1.807, 2.05) is 23.6 Å². The number of nitrogens with zero attached hydrogens (tertiary/aromatic N) is 3. The van der Waals surface area contributed by atoms with E-state index >= 15 is 0 Å². The Morgan fingerprint density at radius 2 is 1.39 bits per heavy atom. The summed E-state index contributed by atoms with van der Waals surface area (Å²) in [5.74, 6) is 0. The van der Waals surface area contributed by atoms with Crippen LogP contribution in [0, 0.1) is 0 Å². The molecule has 1 aliphatic heterocycles. The van der Waals surface area contributed by atoms with Crippen LogP contribution in [0.15, 0.2) is 89.9 Å². The highest BCUT2D eigenvalue weighted by Crippen LogP contribution is 2.34. The summed E-state index contributed by atoms with van der Waals surface area (Å²) in [5, 5.41) is 3.65. The summed E-state index contributed by atoms with van der Waals surface area (Å²) in [6.07, 6.45) is -8.90. The summed E-state index contributed by atoms with van der Waals surface area (Å²) in [5.41, 5.74) is 2.38. The Morgan fingerprint density at radius 3 is 2.00 bits per heavy atom. The molecule has 0 unspecified atom stereocenters. The van der Waals surface area contributed by atoms with E-state index in [1.54, 1.807) is 24.3 Å². The third-order valence-electron chi connectivity index (χ3n) is 5.97. The number of nitrogens with one attached hydrogen (secondary N) is 1. The fourth-order valence-electron chi connectivity index (χ4n) is 4.22. The van der Waals surface area contributed by atoms with Gasteiger partial charge in [0.15, 0.2) is 0 Å². The van der Waals surface area contributed by atoms with E-state index in [0.717, 1.165) is 24.3 Å². The first-order valence-corrected chi connectivity index (χ1v) is 11.6. The molecule has 38 heavy (non-hydrogen) atoms. The molecular weight excluding hydrogens is 506 g/mol. The molecule has 0 aromatic heterocycles. The van der Waals surface area contributed by atoms with Crippen molar-refractivity contribution in [2.45, 2.75) is 19.3 Å². The molecule has 1 N–H and O–H groups in total. The zero-order valence-electron chi connectivity index (χ0n) is 19.9. The number of hydrogen-bond acceptors (Lipinski definition) is 3. The lowest BCUT2D eigenvalue weighted by Crippen LogP contribution is -2.15. The number of fused-ring (bicyclic) bond motifs is 2. The maximum atomic E-state index is 13.2. The Hall–Kier alpha value is -4.34. The number of halogens is 6. The highest BCUT2D eigenvalue weighted by molar-refractivity contribution is 5.84. The molecular formula is C28H20F6N4. The molecule has 0 amide bonds. The average Bonchev–Trinajstić information content (AvgIpc) is 2.87. The first-order chi connectivity index (χ1) is 18.0. The number of anilines is 2. The van der Waals surface area contributed by atoms with Gasteiger partial charge in [-0.3, -0.25) is 4.99 Å². The summed E-state index contributed by atoms with van der Waals surface area (Å²) < 4.78 is 80.3. The summed E-state index contributed by atoms with van der Waals surface area (Å²) >= 11 is 0. The molecule has 0 saturated heterocycles. The molecule has 1 heterocycles. The van der Waals surface area contributed by atoms with E-state index in [0.29, 0.717) is 51.4 Å². The summed E-state index contributed by atoms with van der Waals surface area (Å²) in [6, 6.07) is 20.2. The minimum absolute atomic E-state index is 0.425. The van der Waals surface area contributed by atoms with E-state index in [-0.39, 0.29) is 0 Å². The molecule has 5 rings (SSSR count). The largest absolute Gasteiger partial charge is 0.416 e. The van der Waals surface area contributed by atoms with E-state index in [1.165, 1.54) is 24.3 Å². The molecule has 0 spiro atoms. The monoisotopic (exact) mass is 526 g/mol. The number of aromatic nitrogens is 2. The van der Waals surface area contributed by atoms with Crippen LogP contribution in [0.2, 0.25) is 0 Å². The highest BCUT2D eigenvalue weighted by Gasteiger charge is 2.31. The second-order valence-corrected chi connectivity index (χ2v) is 8.51. The first-order valence-electron chi connectivity index (χ1n) is 11.6. The number of rotatable bonds is 4. The Morgan fingerprint density at radius 1 is 0.789 bits per heavy atom. The molecule has 194 valence electrons. The molecule has 3 aromatic rings. The van der Waals surface area contributed by atoms with Crippen LogP contribution < -0.4 is 10.7 Å². The zero-order valence-corrected chi connectivity index (χ0v) is 19.9. The van der Waals surface area contributed by atoms with Gasteiger partial charge < -0.3 is 9.88 Å². The molecule has 0 atom stereocenters. The van der Waals surface area contributed by atoms with Gasteiger partial charge in [-0.25, -0.2) is 4.98 Å². The number of para-hydroxylation sites is 2. The predicted octanol–water partition coefficient (Wildman–Crippen LogP) is 7.83. The van der Waals surface area contributed by atoms with E-state index in [4.69, 9.17) is 4.98 Å². The summed E-state index contributed by atoms with van der Waals surface area (Å²) in [4.78, 5) is 9.28. The van der Waals surface area contributed by atoms with Gasteiger partial charge in [0.1, 0.15) is 0 Å². The van der Waals surface area contributed by atoms with Crippen LogP contribution in [0.4, 0.5) is 37.7 Å². The number of benzene rings is 4. The van der Waals surface area contributed by atoms with Crippen molar-refractivity contribution in [3.05, 3.63) is 101 Å². The van der Waals surface area contributed by atoms with Crippen molar-refractivity contribution in [1.29, 1.82) is 0 Å². The van der Waals surface area contributed by atoms with Crippen LogP contribution in [0.25, 0.3) is 28.1 Å². The van der Waals surface area contributed by atoms with Crippen LogP contribution in [0.1, 0.15) is 18.1 Å². The summed E-state index contributed by atoms with van der Waals surface area (Å²) in [6.45, 7) is 2.27. The fourth-order valence-corrected chi connectivity index (χ4v) is 4.22. The lowest BCUT2D eigenvalue weighted by atomic mass is 10.1. The minimum atomic E-state index is -4.46. The highest BCUT2D eigenvalue weighted by atomic mass is 19.4. The normalized spacial score (nSPS) is 12.9. The van der Waals surface area contributed by atoms with Gasteiger partial charge >= 0.3 is 12.4 Å². The van der Waals surface area contributed by atoms with Crippen molar-refractivity contribution in [3.63, 3.8) is 0 Å². The standard InChI is InChI=1S/C28H20F6N4/c1-2-35-22-16-26-24(15-23(22)36-19-11-7-17(8-12-19)27(29,30)31)37-21-5-3-4-6-25(21)38(26)20-13-9-18(10-14-20)28(32,33)34/h3-16,36H,2H2,1H3/b35-22+. The molecule has 10 heteroatoms. The number of hydrogen-bond donors (Lipinski definition) is 1. The maximum absolute atomic E-state index is 13.2. The molecule has 1 aliphatic carbocycles. The van der Waals surface area contributed by atoms with Gasteiger partial charge in [0.05, 0.1) is 44.6 Å². The average molecular weight is 526 g/mol. The van der Waals surface area contributed by atoms with Crippen molar-refractivity contribution < 1.29 is 26.3 Å². The molecule has 0 bridgehead atoms. The zero-order chi connectivity index (χ0) is 27.1. The van der Waals surface area contributed by atoms with Crippen molar-refractivity contribution in [1.82, 2.24) is 9.55 Å². The van der Waals surface area contributed by atoms with Gasteiger partial charge in [-0.15, -0.1) is 0 Å². The minimum Gasteiger partial charge on any atom is -0.354 e. The molecule has 0 fully saturated rings. The maximum Gasteiger partial charge on any atom is 0.416 e. The van der Waals surface area contributed by atoms with Gasteiger partial charge in [-0.1, -0.05) is 12.1 Å². The van der Waals surface area contributed by atoms with Crippen LogP contribution in [0.3, 0.4) is 0 Å². The summed E-state index contributed by atoms with van der Waals surface area (Å²) in [7, 11) is 0. The van der Waals surface area contributed by atoms with Crippen molar-refractivity contribution in [3.8, 4) is 17.1 Å². The van der Waals surface area contributed by atoms with Crippen LogP contribution in [-0.2, 0) is 12.4 Å². The molecule has 0 radical (unpaired) electrons. The quantitative estimate of drug-likeness (QED) is 0.192. The van der Waals surface area contributed by atoms with Gasteiger partial charge in [-0.2, -0.15) is 26.3 Å². The van der Waals surface area contributed by atoms with E-state index in [9.17, 15) is 26.3 Å². The fraction of sp³-hybridized carbons (Fsp3) is 0.143. The first kappa shape index (κ1) is 25.3. The topological polar surface area (TPSA) is 42.2 Å². The molecule has 2 aliphatic rings. The van der Waals surface area contributed by atoms with Crippen LogP contribution in [-0.4, -0.2) is 16.1 Å². The molecule has 0 saturated carbocycles. The van der Waals surface area contributed by atoms with Gasteiger partial charge in [0.2, 0.25) is 0 Å². The Balaban J connectivity index is 1.69. The van der Waals surface area contributed by atoms with Crippen molar-refractivity contribution >= 4 is 22.4 Å². The Labute approximate surface area is 213 Å². The Kier molecular flexibility index (Phi) is 6.34. The smallest absolute Gasteiger partial charge is 0.354 e. The number of alkyl halides is 6. The van der Waals surface area contributed by atoms with Gasteiger partial charge in [0.25, 0.3) is 0 Å². The van der Waals surface area contributed by atoms with Gasteiger partial charge in [-0.05, 0) is 79.7 Å². The Bertz CT molecular complexity index is 1630. The van der Waals surface area contributed by atoms with Crippen molar-refractivity contribution in [2.24, 2.45) is 4.99 Å². The van der Waals surface area contributed by atoms with Gasteiger partial charge in [0, 0.05) is 17.9 Å². The lowest BCUT2D eigenvalue weighted by molar-refractivity contribution is -0.138. The van der Waals surface area contributed by atoms with Crippen LogP contribution >= 0.6 is 0 Å². The molecule has 4 nitrogen and oxygen atoms in total.